The third kappa shape index (κ3) is 4.79. The van der Waals surface area contributed by atoms with Crippen LogP contribution in [0.15, 0.2) is 42.6 Å². The highest BCUT2D eigenvalue weighted by Crippen LogP contribution is 2.21. The van der Waals surface area contributed by atoms with Gasteiger partial charge < -0.3 is 10.2 Å². The first-order chi connectivity index (χ1) is 14.1. The zero-order valence-corrected chi connectivity index (χ0v) is 17.1. The van der Waals surface area contributed by atoms with E-state index in [4.69, 9.17) is 0 Å². The molecule has 1 saturated heterocycles. The third-order valence-electron chi connectivity index (χ3n) is 5.01. The maximum atomic E-state index is 13.1. The van der Waals surface area contributed by atoms with Gasteiger partial charge in [0.1, 0.15) is 16.5 Å². The topological polar surface area (TPSA) is 58.1 Å². The monoisotopic (exact) mass is 410 g/mol. The van der Waals surface area contributed by atoms with E-state index in [9.17, 15) is 9.18 Å². The van der Waals surface area contributed by atoms with Crippen LogP contribution in [0.3, 0.4) is 0 Å². The number of nitrogens with one attached hydrogen (secondary N) is 1. The van der Waals surface area contributed by atoms with E-state index < -0.39 is 0 Å². The summed E-state index contributed by atoms with van der Waals surface area (Å²) in [5, 5.41) is 3.80. The van der Waals surface area contributed by atoms with Crippen LogP contribution in [-0.4, -0.2) is 29.0 Å². The number of rotatable bonds is 6. The van der Waals surface area contributed by atoms with Crippen LogP contribution in [0.1, 0.15) is 44.3 Å². The molecule has 150 valence electrons. The van der Waals surface area contributed by atoms with E-state index in [1.54, 1.807) is 12.1 Å². The summed E-state index contributed by atoms with van der Waals surface area (Å²) in [6.07, 6.45) is 4.85. The van der Waals surface area contributed by atoms with Gasteiger partial charge in [-0.25, -0.2) is 14.4 Å². The molecule has 5 nitrogen and oxygen atoms in total. The lowest BCUT2D eigenvalue weighted by Gasteiger charge is -2.16. The van der Waals surface area contributed by atoms with Crippen molar-refractivity contribution >= 4 is 23.1 Å². The normalized spacial score (nSPS) is 13.7. The third-order valence-corrected chi connectivity index (χ3v) is 6.16. The molecule has 0 bridgehead atoms. The van der Waals surface area contributed by atoms with Gasteiger partial charge in [-0.3, -0.25) is 4.79 Å². The highest BCUT2D eigenvalue weighted by Gasteiger charge is 2.16. The fraction of sp³-hybridized carbons (Fsp3) is 0.318. The molecule has 3 aromatic rings. The maximum Gasteiger partial charge on any atom is 0.263 e. The minimum Gasteiger partial charge on any atom is -0.357 e. The van der Waals surface area contributed by atoms with Crippen LogP contribution < -0.4 is 10.2 Å². The quantitative estimate of drug-likeness (QED) is 0.665. The van der Waals surface area contributed by atoms with Crippen molar-refractivity contribution in [3.63, 3.8) is 0 Å². The van der Waals surface area contributed by atoms with E-state index in [1.807, 2.05) is 25.3 Å². The molecule has 1 aliphatic heterocycles. The van der Waals surface area contributed by atoms with Crippen LogP contribution in [-0.2, 0) is 13.0 Å². The van der Waals surface area contributed by atoms with Crippen molar-refractivity contribution in [3.8, 4) is 0 Å². The van der Waals surface area contributed by atoms with Gasteiger partial charge in [-0.2, -0.15) is 0 Å². The molecule has 1 amide bonds. The number of anilines is 1. The van der Waals surface area contributed by atoms with Gasteiger partial charge in [-0.15, -0.1) is 11.3 Å². The molecule has 2 aromatic heterocycles. The SMILES string of the molecule is Cc1nc(Cc2ccc(F)cc2)sc1C(=O)NCc1ccc(N2CCCC2)nc1. The lowest BCUT2D eigenvalue weighted by molar-refractivity contribution is 0.0954. The minimum absolute atomic E-state index is 0.131. The number of halogens is 1. The predicted octanol–water partition coefficient (Wildman–Crippen LogP) is 4.11. The Labute approximate surface area is 173 Å². The zero-order valence-electron chi connectivity index (χ0n) is 16.3. The predicted molar refractivity (Wildman–Crippen MR) is 113 cm³/mol. The number of benzene rings is 1. The molecule has 0 saturated carbocycles. The molecule has 0 spiro atoms. The number of pyridine rings is 1. The summed E-state index contributed by atoms with van der Waals surface area (Å²) in [5.74, 6) is 0.613. The lowest BCUT2D eigenvalue weighted by Crippen LogP contribution is -2.23. The highest BCUT2D eigenvalue weighted by atomic mass is 32.1. The number of aromatic nitrogens is 2. The van der Waals surface area contributed by atoms with E-state index in [0.717, 1.165) is 35.0 Å². The van der Waals surface area contributed by atoms with Crippen molar-refractivity contribution in [1.29, 1.82) is 0 Å². The number of hydrogen-bond donors (Lipinski definition) is 1. The maximum absolute atomic E-state index is 13.1. The van der Waals surface area contributed by atoms with E-state index in [1.165, 1.54) is 36.3 Å². The Morgan fingerprint density at radius 1 is 1.14 bits per heavy atom. The largest absolute Gasteiger partial charge is 0.357 e. The Balaban J connectivity index is 1.35. The Kier molecular flexibility index (Phi) is 5.85. The van der Waals surface area contributed by atoms with Crippen molar-refractivity contribution < 1.29 is 9.18 Å². The summed E-state index contributed by atoms with van der Waals surface area (Å²) < 4.78 is 13.1. The second-order valence-corrected chi connectivity index (χ2v) is 8.31. The summed E-state index contributed by atoms with van der Waals surface area (Å²) >= 11 is 1.38. The number of aryl methyl sites for hydroxylation is 1. The number of hydrogen-bond acceptors (Lipinski definition) is 5. The Morgan fingerprint density at radius 2 is 1.86 bits per heavy atom. The summed E-state index contributed by atoms with van der Waals surface area (Å²) in [5.41, 5.74) is 2.65. The van der Waals surface area contributed by atoms with Gasteiger partial charge in [0.15, 0.2) is 0 Å². The van der Waals surface area contributed by atoms with Crippen LogP contribution >= 0.6 is 11.3 Å². The van der Waals surface area contributed by atoms with Gasteiger partial charge >= 0.3 is 0 Å². The zero-order chi connectivity index (χ0) is 20.2. The second kappa shape index (κ2) is 8.69. The van der Waals surface area contributed by atoms with Crippen molar-refractivity contribution in [2.24, 2.45) is 0 Å². The van der Waals surface area contributed by atoms with Gasteiger partial charge in [0.2, 0.25) is 0 Å². The van der Waals surface area contributed by atoms with Crippen LogP contribution in [0, 0.1) is 12.7 Å². The first-order valence-corrected chi connectivity index (χ1v) is 10.6. The molecular formula is C22H23FN4OS. The average molecular weight is 411 g/mol. The summed E-state index contributed by atoms with van der Waals surface area (Å²) in [4.78, 5) is 24.5. The number of carbonyl (C=O) groups is 1. The standard InChI is InChI=1S/C22H23FN4OS/c1-15-21(29-20(26-15)12-16-4-7-18(23)8-5-16)22(28)25-14-17-6-9-19(24-13-17)27-10-2-3-11-27/h4-9,13H,2-3,10-12,14H2,1H3,(H,25,28). The molecule has 1 N–H and O–H groups in total. The highest BCUT2D eigenvalue weighted by molar-refractivity contribution is 7.13. The number of amides is 1. The average Bonchev–Trinajstić information content (AvgIpc) is 3.38. The fourth-order valence-electron chi connectivity index (χ4n) is 3.43. The number of nitrogens with zero attached hydrogens (tertiary/aromatic N) is 3. The smallest absolute Gasteiger partial charge is 0.263 e. The summed E-state index contributed by atoms with van der Waals surface area (Å²) in [6.45, 7) is 4.39. The van der Waals surface area contributed by atoms with Crippen molar-refractivity contribution in [2.75, 3.05) is 18.0 Å². The van der Waals surface area contributed by atoms with Gasteiger partial charge in [0.05, 0.1) is 10.7 Å². The van der Waals surface area contributed by atoms with Gasteiger partial charge in [0, 0.05) is 32.3 Å². The molecule has 0 unspecified atom stereocenters. The van der Waals surface area contributed by atoms with Gasteiger partial charge in [-0.05, 0) is 49.1 Å². The van der Waals surface area contributed by atoms with Gasteiger partial charge in [0.25, 0.3) is 5.91 Å². The van der Waals surface area contributed by atoms with Crippen LogP contribution in [0.2, 0.25) is 0 Å². The summed E-state index contributed by atoms with van der Waals surface area (Å²) in [7, 11) is 0. The Hall–Kier alpha value is -2.80. The van der Waals surface area contributed by atoms with Crippen LogP contribution in [0.25, 0.3) is 0 Å². The van der Waals surface area contributed by atoms with E-state index >= 15 is 0 Å². The molecule has 7 heteroatoms. The molecule has 29 heavy (non-hydrogen) atoms. The minimum atomic E-state index is -0.257. The first-order valence-electron chi connectivity index (χ1n) is 9.77. The van der Waals surface area contributed by atoms with Crippen LogP contribution in [0.5, 0.6) is 0 Å². The fourth-order valence-corrected chi connectivity index (χ4v) is 4.45. The van der Waals surface area contributed by atoms with Gasteiger partial charge in [-0.1, -0.05) is 18.2 Å². The molecule has 1 aromatic carbocycles. The summed E-state index contributed by atoms with van der Waals surface area (Å²) in [6, 6.07) is 10.4. The number of thiazole rings is 1. The molecule has 3 heterocycles. The van der Waals surface area contributed by atoms with E-state index in [-0.39, 0.29) is 11.7 Å². The second-order valence-electron chi connectivity index (χ2n) is 7.23. The van der Waals surface area contributed by atoms with E-state index in [2.05, 4.69) is 20.2 Å². The first kappa shape index (κ1) is 19.5. The van der Waals surface area contributed by atoms with Crippen LogP contribution in [0.4, 0.5) is 10.2 Å². The van der Waals surface area contributed by atoms with Crippen molar-refractivity contribution in [1.82, 2.24) is 15.3 Å². The number of carbonyl (C=O) groups excluding carboxylic acids is 1. The van der Waals surface area contributed by atoms with Crippen molar-refractivity contribution in [2.45, 2.75) is 32.7 Å². The molecular weight excluding hydrogens is 387 g/mol. The van der Waals surface area contributed by atoms with Crippen molar-refractivity contribution in [3.05, 3.63) is 75.1 Å². The lowest BCUT2D eigenvalue weighted by atomic mass is 10.1. The molecule has 0 radical (unpaired) electrons. The molecule has 1 aliphatic rings. The van der Waals surface area contributed by atoms with E-state index in [0.29, 0.717) is 23.5 Å². The molecule has 0 atom stereocenters. The molecule has 1 fully saturated rings. The molecule has 4 rings (SSSR count). The Morgan fingerprint density at radius 3 is 2.55 bits per heavy atom. The Bertz CT molecular complexity index is 979. The molecule has 0 aliphatic carbocycles.